The lowest BCUT2D eigenvalue weighted by Gasteiger charge is -2.08. The maximum atomic E-state index is 4.55. The molecule has 0 saturated carbocycles. The highest BCUT2D eigenvalue weighted by atomic mass is 15.3. The molecular formula is C14H21N5. The van der Waals surface area contributed by atoms with Gasteiger partial charge < -0.3 is 5.32 Å². The molecule has 5 heteroatoms. The predicted octanol–water partition coefficient (Wildman–Crippen LogP) is 2.24. The van der Waals surface area contributed by atoms with E-state index in [0.29, 0.717) is 6.04 Å². The summed E-state index contributed by atoms with van der Waals surface area (Å²) in [4.78, 5) is 8.44. The molecule has 0 amide bonds. The van der Waals surface area contributed by atoms with Crippen molar-refractivity contribution < 1.29 is 0 Å². The lowest BCUT2D eigenvalue weighted by molar-refractivity contribution is 0.471. The average molecular weight is 259 g/mol. The predicted molar refractivity (Wildman–Crippen MR) is 74.5 cm³/mol. The fraction of sp³-hybridized carbons (Fsp3) is 0.500. The van der Waals surface area contributed by atoms with Gasteiger partial charge in [0.2, 0.25) is 0 Å². The smallest absolute Gasteiger partial charge is 0.125 e. The second-order valence-electron chi connectivity index (χ2n) is 4.74. The maximum absolute atomic E-state index is 4.55. The molecule has 0 bridgehead atoms. The first-order valence-corrected chi connectivity index (χ1v) is 6.72. The van der Waals surface area contributed by atoms with Gasteiger partial charge in [0.15, 0.2) is 0 Å². The molecule has 0 spiro atoms. The summed E-state index contributed by atoms with van der Waals surface area (Å²) in [6.07, 6.45) is 4.92. The van der Waals surface area contributed by atoms with Crippen molar-refractivity contribution in [3.63, 3.8) is 0 Å². The molecule has 0 aliphatic heterocycles. The Bertz CT molecular complexity index is 520. The van der Waals surface area contributed by atoms with Crippen molar-refractivity contribution in [3.8, 4) is 0 Å². The molecule has 1 atom stereocenters. The molecule has 2 aromatic heterocycles. The quantitative estimate of drug-likeness (QED) is 0.864. The first kappa shape index (κ1) is 13.7. The zero-order valence-electron chi connectivity index (χ0n) is 11.8. The summed E-state index contributed by atoms with van der Waals surface area (Å²) in [6.45, 7) is 7.74. The summed E-state index contributed by atoms with van der Waals surface area (Å²) >= 11 is 0. The van der Waals surface area contributed by atoms with E-state index in [1.165, 1.54) is 0 Å². The van der Waals surface area contributed by atoms with E-state index >= 15 is 0 Å². The second-order valence-corrected chi connectivity index (χ2v) is 4.74. The molecule has 5 nitrogen and oxygen atoms in total. The second kappa shape index (κ2) is 6.43. The van der Waals surface area contributed by atoms with Crippen LogP contribution in [0.25, 0.3) is 0 Å². The summed E-state index contributed by atoms with van der Waals surface area (Å²) in [5.41, 5.74) is 2.07. The lowest BCUT2D eigenvalue weighted by atomic mass is 10.3. The highest BCUT2D eigenvalue weighted by Gasteiger charge is 2.04. The molecular weight excluding hydrogens is 238 g/mol. The summed E-state index contributed by atoms with van der Waals surface area (Å²) in [5, 5.41) is 7.90. The third kappa shape index (κ3) is 3.86. The van der Waals surface area contributed by atoms with Crippen LogP contribution in [0.3, 0.4) is 0 Å². The molecule has 0 aliphatic rings. The van der Waals surface area contributed by atoms with Crippen LogP contribution in [0.4, 0.5) is 0 Å². The van der Waals surface area contributed by atoms with Gasteiger partial charge in [0, 0.05) is 31.5 Å². The first-order valence-electron chi connectivity index (χ1n) is 6.72. The van der Waals surface area contributed by atoms with Gasteiger partial charge in [-0.15, -0.1) is 0 Å². The maximum Gasteiger partial charge on any atom is 0.125 e. The van der Waals surface area contributed by atoms with Gasteiger partial charge >= 0.3 is 0 Å². The minimum absolute atomic E-state index is 0.457. The monoisotopic (exact) mass is 259 g/mol. The zero-order valence-corrected chi connectivity index (χ0v) is 11.8. The fourth-order valence-electron chi connectivity index (χ4n) is 1.83. The topological polar surface area (TPSA) is 55.6 Å². The highest BCUT2D eigenvalue weighted by molar-refractivity contribution is 5.03. The van der Waals surface area contributed by atoms with Crippen LogP contribution in [-0.4, -0.2) is 19.7 Å². The van der Waals surface area contributed by atoms with Crippen molar-refractivity contribution in [3.05, 3.63) is 41.7 Å². The Balaban J connectivity index is 1.84. The molecule has 2 aromatic rings. The minimum atomic E-state index is 0.457. The van der Waals surface area contributed by atoms with Crippen molar-refractivity contribution in [2.24, 2.45) is 0 Å². The SMILES string of the molecule is CCC(C)n1ccc(CNCc2ccnc(C)n2)n1. The van der Waals surface area contributed by atoms with Crippen LogP contribution in [0.1, 0.15) is 43.5 Å². The van der Waals surface area contributed by atoms with Crippen molar-refractivity contribution >= 4 is 0 Å². The molecule has 2 rings (SSSR count). The van der Waals surface area contributed by atoms with Crippen LogP contribution in [0, 0.1) is 6.92 Å². The van der Waals surface area contributed by atoms with E-state index in [1.54, 1.807) is 6.20 Å². The Morgan fingerprint density at radius 3 is 2.79 bits per heavy atom. The van der Waals surface area contributed by atoms with Crippen molar-refractivity contribution in [2.75, 3.05) is 0 Å². The fourth-order valence-corrected chi connectivity index (χ4v) is 1.83. The van der Waals surface area contributed by atoms with E-state index in [1.807, 2.05) is 23.9 Å². The molecule has 0 fully saturated rings. The summed E-state index contributed by atoms with van der Waals surface area (Å²) < 4.78 is 2.02. The van der Waals surface area contributed by atoms with Crippen LogP contribution in [0.2, 0.25) is 0 Å². The first-order chi connectivity index (χ1) is 9.19. The largest absolute Gasteiger partial charge is 0.305 e. The number of aromatic nitrogens is 4. The summed E-state index contributed by atoms with van der Waals surface area (Å²) in [6, 6.07) is 4.44. The van der Waals surface area contributed by atoms with Gasteiger partial charge in [-0.3, -0.25) is 4.68 Å². The Hall–Kier alpha value is -1.75. The van der Waals surface area contributed by atoms with Crippen LogP contribution < -0.4 is 5.32 Å². The molecule has 1 unspecified atom stereocenters. The average Bonchev–Trinajstić information content (AvgIpc) is 2.87. The molecule has 102 valence electrons. The van der Waals surface area contributed by atoms with Crippen LogP contribution >= 0.6 is 0 Å². The summed E-state index contributed by atoms with van der Waals surface area (Å²) in [7, 11) is 0. The van der Waals surface area contributed by atoms with Gasteiger partial charge in [-0.1, -0.05) is 6.92 Å². The van der Waals surface area contributed by atoms with Gasteiger partial charge in [-0.25, -0.2) is 9.97 Å². The normalized spacial score (nSPS) is 12.6. The van der Waals surface area contributed by atoms with E-state index in [-0.39, 0.29) is 0 Å². The van der Waals surface area contributed by atoms with Crippen LogP contribution in [0.5, 0.6) is 0 Å². The molecule has 19 heavy (non-hydrogen) atoms. The molecule has 0 radical (unpaired) electrons. The number of aryl methyl sites for hydroxylation is 1. The number of hydrogen-bond donors (Lipinski definition) is 1. The number of rotatable bonds is 6. The van der Waals surface area contributed by atoms with E-state index in [9.17, 15) is 0 Å². The standard InChI is InChI=1S/C14H21N5/c1-4-11(2)19-8-6-14(18-19)10-15-9-13-5-7-16-12(3)17-13/h5-8,11,15H,4,9-10H2,1-3H3. The Kier molecular flexibility index (Phi) is 4.63. The van der Waals surface area contributed by atoms with E-state index in [2.05, 4.69) is 40.3 Å². The van der Waals surface area contributed by atoms with Gasteiger partial charge in [0.25, 0.3) is 0 Å². The van der Waals surface area contributed by atoms with Gasteiger partial charge in [-0.05, 0) is 32.4 Å². The Labute approximate surface area is 114 Å². The number of hydrogen-bond acceptors (Lipinski definition) is 4. The summed E-state index contributed by atoms with van der Waals surface area (Å²) in [5.74, 6) is 0.806. The van der Waals surface area contributed by atoms with E-state index in [0.717, 1.165) is 36.7 Å². The number of nitrogens with one attached hydrogen (secondary N) is 1. The van der Waals surface area contributed by atoms with Gasteiger partial charge in [0.1, 0.15) is 5.82 Å². The Morgan fingerprint density at radius 2 is 2.05 bits per heavy atom. The molecule has 0 aliphatic carbocycles. The molecule has 2 heterocycles. The van der Waals surface area contributed by atoms with Crippen molar-refractivity contribution in [1.29, 1.82) is 0 Å². The third-order valence-corrected chi connectivity index (χ3v) is 3.15. The van der Waals surface area contributed by atoms with Crippen molar-refractivity contribution in [2.45, 2.75) is 46.3 Å². The van der Waals surface area contributed by atoms with E-state index < -0.39 is 0 Å². The minimum Gasteiger partial charge on any atom is -0.305 e. The number of nitrogens with zero attached hydrogens (tertiary/aromatic N) is 4. The highest BCUT2D eigenvalue weighted by Crippen LogP contribution is 2.09. The van der Waals surface area contributed by atoms with Gasteiger partial charge in [-0.2, -0.15) is 5.10 Å². The van der Waals surface area contributed by atoms with Crippen LogP contribution in [-0.2, 0) is 13.1 Å². The molecule has 0 saturated heterocycles. The van der Waals surface area contributed by atoms with Gasteiger partial charge in [0.05, 0.1) is 11.4 Å². The van der Waals surface area contributed by atoms with E-state index in [4.69, 9.17) is 0 Å². The third-order valence-electron chi connectivity index (χ3n) is 3.15. The zero-order chi connectivity index (χ0) is 13.7. The lowest BCUT2D eigenvalue weighted by Crippen LogP contribution is -2.15. The Morgan fingerprint density at radius 1 is 1.26 bits per heavy atom. The molecule has 0 aromatic carbocycles. The van der Waals surface area contributed by atoms with Crippen molar-refractivity contribution in [1.82, 2.24) is 25.1 Å². The molecule has 1 N–H and O–H groups in total. The van der Waals surface area contributed by atoms with Crippen LogP contribution in [0.15, 0.2) is 24.5 Å².